The van der Waals surface area contributed by atoms with Gasteiger partial charge in [-0.2, -0.15) is 0 Å². The first-order chi connectivity index (χ1) is 7.79. The van der Waals surface area contributed by atoms with E-state index >= 15 is 0 Å². The van der Waals surface area contributed by atoms with Gasteiger partial charge >= 0.3 is 11.7 Å². The summed E-state index contributed by atoms with van der Waals surface area (Å²) in [5.74, 6) is -1.02. The van der Waals surface area contributed by atoms with E-state index in [4.69, 9.17) is 5.11 Å². The highest BCUT2D eigenvalue weighted by molar-refractivity contribution is 7.99. The summed E-state index contributed by atoms with van der Waals surface area (Å²) < 4.78 is 1.48. The second kappa shape index (κ2) is 5.39. The molecule has 1 aromatic heterocycles. The van der Waals surface area contributed by atoms with E-state index in [2.05, 4.69) is 31.0 Å². The first kappa shape index (κ1) is 13.8. The molecule has 0 radical (unpaired) electrons. The minimum atomic E-state index is -0.923. The zero-order valence-electron chi connectivity index (χ0n) is 10.2. The number of nitrogens with one attached hydrogen (secondary N) is 1. The molecule has 17 heavy (non-hydrogen) atoms. The average molecular weight is 259 g/mol. The van der Waals surface area contributed by atoms with Crippen LogP contribution in [0.25, 0.3) is 0 Å². The molecule has 0 aromatic carbocycles. The summed E-state index contributed by atoms with van der Waals surface area (Å²) >= 11 is 1.05. The van der Waals surface area contributed by atoms with Crippen molar-refractivity contribution in [2.45, 2.75) is 38.9 Å². The van der Waals surface area contributed by atoms with Crippen LogP contribution < -0.4 is 5.69 Å². The van der Waals surface area contributed by atoms with Crippen molar-refractivity contribution in [2.24, 2.45) is 5.41 Å². The summed E-state index contributed by atoms with van der Waals surface area (Å²) in [5.41, 5.74) is -0.173. The Hall–Kier alpha value is -1.24. The van der Waals surface area contributed by atoms with Crippen LogP contribution in [-0.4, -0.2) is 31.6 Å². The van der Waals surface area contributed by atoms with Crippen LogP contribution in [0.3, 0.4) is 0 Å². The number of aliphatic carboxylic acids is 1. The summed E-state index contributed by atoms with van der Waals surface area (Å²) in [6.45, 7) is 6.80. The topological polar surface area (TPSA) is 88.0 Å². The lowest BCUT2D eigenvalue weighted by atomic mass is 9.92. The summed E-state index contributed by atoms with van der Waals surface area (Å²) in [7, 11) is 0. The maximum absolute atomic E-state index is 11.5. The van der Waals surface area contributed by atoms with Gasteiger partial charge in [0.25, 0.3) is 0 Å². The molecule has 0 aliphatic heterocycles. The molecule has 2 N–H and O–H groups in total. The van der Waals surface area contributed by atoms with Crippen LogP contribution in [0, 0.1) is 5.41 Å². The predicted octanol–water partition coefficient (Wildman–Crippen LogP) is 1.18. The van der Waals surface area contributed by atoms with E-state index in [-0.39, 0.29) is 16.9 Å². The Kier molecular flexibility index (Phi) is 4.39. The molecule has 0 saturated heterocycles. The van der Waals surface area contributed by atoms with Crippen molar-refractivity contribution in [3.8, 4) is 0 Å². The van der Waals surface area contributed by atoms with Crippen LogP contribution in [0.5, 0.6) is 0 Å². The van der Waals surface area contributed by atoms with Gasteiger partial charge in [0.15, 0.2) is 5.16 Å². The summed E-state index contributed by atoms with van der Waals surface area (Å²) in [6, 6.07) is 0. The van der Waals surface area contributed by atoms with Gasteiger partial charge < -0.3 is 5.11 Å². The molecule has 0 atom stereocenters. The first-order valence-corrected chi connectivity index (χ1v) is 6.28. The van der Waals surface area contributed by atoms with Gasteiger partial charge in [-0.1, -0.05) is 32.5 Å². The van der Waals surface area contributed by atoms with Crippen molar-refractivity contribution in [1.82, 2.24) is 14.8 Å². The van der Waals surface area contributed by atoms with Crippen molar-refractivity contribution in [3.05, 3.63) is 10.5 Å². The van der Waals surface area contributed by atoms with Gasteiger partial charge in [-0.25, -0.2) is 9.89 Å². The Balaban J connectivity index is 2.73. The monoisotopic (exact) mass is 259 g/mol. The second-order valence-electron chi connectivity index (χ2n) is 4.96. The summed E-state index contributed by atoms with van der Waals surface area (Å²) in [5, 5.41) is 15.2. The number of rotatable bonds is 5. The molecular weight excluding hydrogens is 242 g/mol. The summed E-state index contributed by atoms with van der Waals surface area (Å²) in [6.07, 6.45) is 0.826. The minimum Gasteiger partial charge on any atom is -0.481 e. The number of nitrogens with zero attached hydrogens (tertiary/aromatic N) is 2. The van der Waals surface area contributed by atoms with E-state index in [0.717, 1.165) is 18.2 Å². The Bertz CT molecular complexity index is 444. The highest BCUT2D eigenvalue weighted by Gasteiger charge is 2.15. The van der Waals surface area contributed by atoms with Crippen LogP contribution in [0.4, 0.5) is 0 Å². The predicted molar refractivity (Wildman–Crippen MR) is 65.3 cm³/mol. The Morgan fingerprint density at radius 3 is 2.71 bits per heavy atom. The molecule has 0 aliphatic carbocycles. The van der Waals surface area contributed by atoms with Crippen LogP contribution in [0.15, 0.2) is 9.95 Å². The number of aromatic amines is 1. The zero-order chi connectivity index (χ0) is 13.1. The molecule has 0 unspecified atom stereocenters. The lowest BCUT2D eigenvalue weighted by Gasteiger charge is -2.17. The SMILES string of the molecule is CC(C)(C)CCn1c(SCC(=O)O)n[nH]c1=O. The van der Waals surface area contributed by atoms with Gasteiger partial charge in [-0.3, -0.25) is 9.36 Å². The Labute approximate surface area is 103 Å². The summed E-state index contributed by atoms with van der Waals surface area (Å²) in [4.78, 5) is 21.9. The van der Waals surface area contributed by atoms with Crippen LogP contribution >= 0.6 is 11.8 Å². The van der Waals surface area contributed by atoms with E-state index in [1.54, 1.807) is 0 Å². The van der Waals surface area contributed by atoms with Crippen molar-refractivity contribution in [3.63, 3.8) is 0 Å². The quantitative estimate of drug-likeness (QED) is 0.775. The molecular formula is C10H17N3O3S. The van der Waals surface area contributed by atoms with Gasteiger partial charge in [0.2, 0.25) is 0 Å². The first-order valence-electron chi connectivity index (χ1n) is 5.29. The molecule has 1 rings (SSSR count). The van der Waals surface area contributed by atoms with Crippen molar-refractivity contribution in [2.75, 3.05) is 5.75 Å². The number of H-pyrrole nitrogens is 1. The zero-order valence-corrected chi connectivity index (χ0v) is 11.0. The Morgan fingerprint density at radius 1 is 1.53 bits per heavy atom. The van der Waals surface area contributed by atoms with E-state index in [9.17, 15) is 9.59 Å². The third kappa shape index (κ3) is 4.64. The molecule has 1 heterocycles. The smallest absolute Gasteiger partial charge is 0.343 e. The molecule has 0 saturated carbocycles. The van der Waals surface area contributed by atoms with E-state index in [1.807, 2.05) is 0 Å². The Morgan fingerprint density at radius 2 is 2.18 bits per heavy atom. The highest BCUT2D eigenvalue weighted by atomic mass is 32.2. The van der Waals surface area contributed by atoms with Gasteiger partial charge in [0.05, 0.1) is 5.75 Å². The van der Waals surface area contributed by atoms with Gasteiger partial charge in [-0.15, -0.1) is 5.10 Å². The molecule has 0 fully saturated rings. The largest absolute Gasteiger partial charge is 0.481 e. The second-order valence-corrected chi connectivity index (χ2v) is 5.90. The van der Waals surface area contributed by atoms with E-state index < -0.39 is 5.97 Å². The number of hydrogen-bond donors (Lipinski definition) is 2. The lowest BCUT2D eigenvalue weighted by molar-refractivity contribution is -0.133. The molecule has 0 amide bonds. The molecule has 0 bridgehead atoms. The highest BCUT2D eigenvalue weighted by Crippen LogP contribution is 2.20. The molecule has 0 aliphatic rings. The number of carbonyl (C=O) groups is 1. The third-order valence-corrected chi connectivity index (χ3v) is 3.09. The normalized spacial score (nSPS) is 11.7. The average Bonchev–Trinajstić information content (AvgIpc) is 2.52. The molecule has 7 heteroatoms. The number of carboxylic acid groups (broad SMARTS) is 1. The van der Waals surface area contributed by atoms with E-state index in [1.165, 1.54) is 4.57 Å². The molecule has 96 valence electrons. The van der Waals surface area contributed by atoms with Crippen molar-refractivity contribution >= 4 is 17.7 Å². The van der Waals surface area contributed by atoms with Gasteiger partial charge in [-0.05, 0) is 11.8 Å². The van der Waals surface area contributed by atoms with Crippen molar-refractivity contribution < 1.29 is 9.90 Å². The number of hydrogen-bond acceptors (Lipinski definition) is 4. The van der Waals surface area contributed by atoms with E-state index in [0.29, 0.717) is 11.7 Å². The molecule has 0 spiro atoms. The number of carboxylic acids is 1. The fourth-order valence-electron chi connectivity index (χ4n) is 1.18. The maximum atomic E-state index is 11.5. The molecule has 1 aromatic rings. The van der Waals surface area contributed by atoms with Crippen molar-refractivity contribution in [1.29, 1.82) is 0 Å². The van der Waals surface area contributed by atoms with Crippen LogP contribution in [0.1, 0.15) is 27.2 Å². The standard InChI is InChI=1S/C10H17N3O3S/c1-10(2,3)4-5-13-8(16)11-12-9(13)17-6-7(14)15/h4-6H2,1-3H3,(H,11,16)(H,14,15). The van der Waals surface area contributed by atoms with Gasteiger partial charge in [0.1, 0.15) is 0 Å². The van der Waals surface area contributed by atoms with Crippen LogP contribution in [0.2, 0.25) is 0 Å². The fourth-order valence-corrected chi connectivity index (χ4v) is 1.88. The maximum Gasteiger partial charge on any atom is 0.343 e. The van der Waals surface area contributed by atoms with Crippen LogP contribution in [-0.2, 0) is 11.3 Å². The number of aromatic nitrogens is 3. The lowest BCUT2D eigenvalue weighted by Crippen LogP contribution is -2.21. The number of thioether (sulfide) groups is 1. The van der Waals surface area contributed by atoms with Gasteiger partial charge in [0, 0.05) is 6.54 Å². The minimum absolute atomic E-state index is 0.0974. The fraction of sp³-hybridized carbons (Fsp3) is 0.700. The third-order valence-electron chi connectivity index (χ3n) is 2.13. The molecule has 6 nitrogen and oxygen atoms in total.